The second-order valence-electron chi connectivity index (χ2n) is 4.87. The van der Waals surface area contributed by atoms with E-state index < -0.39 is 0 Å². The highest BCUT2D eigenvalue weighted by molar-refractivity contribution is 5.85. The third-order valence-corrected chi connectivity index (χ3v) is 2.62. The molecule has 1 unspecified atom stereocenters. The molecule has 0 saturated carbocycles. The highest BCUT2D eigenvalue weighted by Gasteiger charge is 2.26. The number of nitrogens with zero attached hydrogens (tertiary/aromatic N) is 1. The number of ketones is 1. The number of carbonyl (C=O) groups excluding carboxylic acids is 1. The highest BCUT2D eigenvalue weighted by atomic mass is 16.1. The second-order valence-corrected chi connectivity index (χ2v) is 4.87. The van der Waals surface area contributed by atoms with Crippen molar-refractivity contribution in [2.24, 2.45) is 5.92 Å². The van der Waals surface area contributed by atoms with Crippen LogP contribution in [0.15, 0.2) is 0 Å². The minimum Gasteiger partial charge on any atom is -0.298 e. The zero-order valence-electron chi connectivity index (χ0n) is 10.7. The number of hydrogen-bond acceptors (Lipinski definition) is 2. The second kappa shape index (κ2) is 5.50. The normalized spacial score (nSPS) is 14.5. The Morgan fingerprint density at radius 1 is 0.857 bits per heavy atom. The van der Waals surface area contributed by atoms with Gasteiger partial charge in [0.2, 0.25) is 0 Å². The Labute approximate surface area is 88.7 Å². The van der Waals surface area contributed by atoms with Crippen molar-refractivity contribution in [3.8, 4) is 0 Å². The van der Waals surface area contributed by atoms with E-state index in [0.717, 1.165) is 0 Å². The minimum absolute atomic E-state index is 0.0370. The van der Waals surface area contributed by atoms with Gasteiger partial charge in [-0.3, -0.25) is 9.69 Å². The predicted molar refractivity (Wildman–Crippen MR) is 61.4 cm³/mol. The molecule has 14 heavy (non-hydrogen) atoms. The monoisotopic (exact) mass is 199 g/mol. The van der Waals surface area contributed by atoms with Crippen LogP contribution in [-0.4, -0.2) is 28.8 Å². The van der Waals surface area contributed by atoms with Crippen molar-refractivity contribution >= 4 is 5.78 Å². The van der Waals surface area contributed by atoms with Crippen LogP contribution in [0, 0.1) is 5.92 Å². The van der Waals surface area contributed by atoms with Gasteiger partial charge < -0.3 is 0 Å². The number of hydrogen-bond donors (Lipinski definition) is 0. The van der Waals surface area contributed by atoms with Crippen LogP contribution in [0.3, 0.4) is 0 Å². The van der Waals surface area contributed by atoms with Gasteiger partial charge in [-0.25, -0.2) is 0 Å². The molecule has 0 aliphatic carbocycles. The Kier molecular flexibility index (Phi) is 5.35. The Balaban J connectivity index is 4.60. The summed E-state index contributed by atoms with van der Waals surface area (Å²) in [5, 5.41) is 0. The first-order valence-corrected chi connectivity index (χ1v) is 5.60. The first kappa shape index (κ1) is 13.6. The van der Waals surface area contributed by atoms with Crippen molar-refractivity contribution in [3.05, 3.63) is 0 Å². The van der Waals surface area contributed by atoms with Crippen molar-refractivity contribution in [1.82, 2.24) is 4.90 Å². The molecule has 0 fully saturated rings. The molecule has 0 aromatic carbocycles. The lowest BCUT2D eigenvalue weighted by molar-refractivity contribution is -0.128. The van der Waals surface area contributed by atoms with Gasteiger partial charge in [0.25, 0.3) is 0 Å². The van der Waals surface area contributed by atoms with Crippen LogP contribution in [0.1, 0.15) is 48.5 Å². The molecule has 0 heterocycles. The van der Waals surface area contributed by atoms with E-state index >= 15 is 0 Å². The summed E-state index contributed by atoms with van der Waals surface area (Å²) in [6.45, 7) is 14.5. The van der Waals surface area contributed by atoms with Gasteiger partial charge in [0.05, 0.1) is 6.04 Å². The van der Waals surface area contributed by atoms with Gasteiger partial charge in [-0.2, -0.15) is 0 Å². The highest BCUT2D eigenvalue weighted by Crippen LogP contribution is 2.14. The molecule has 0 aliphatic heterocycles. The lowest BCUT2D eigenvalue weighted by Gasteiger charge is -2.36. The fourth-order valence-corrected chi connectivity index (χ4v) is 2.12. The van der Waals surface area contributed by atoms with Crippen LogP contribution in [-0.2, 0) is 4.79 Å². The molecular weight excluding hydrogens is 174 g/mol. The van der Waals surface area contributed by atoms with Crippen LogP contribution < -0.4 is 0 Å². The number of carbonyl (C=O) groups is 1. The van der Waals surface area contributed by atoms with E-state index in [-0.39, 0.29) is 12.0 Å². The van der Waals surface area contributed by atoms with Crippen molar-refractivity contribution in [1.29, 1.82) is 0 Å². The maximum absolute atomic E-state index is 11.9. The van der Waals surface area contributed by atoms with E-state index in [9.17, 15) is 4.79 Å². The predicted octanol–water partition coefficient (Wildman–Crippen LogP) is 2.72. The van der Waals surface area contributed by atoms with Crippen LogP contribution in [0.2, 0.25) is 0 Å². The first-order valence-electron chi connectivity index (χ1n) is 5.60. The lowest BCUT2D eigenvalue weighted by Crippen LogP contribution is -2.48. The van der Waals surface area contributed by atoms with Crippen LogP contribution in [0.5, 0.6) is 0 Å². The Bertz CT molecular complexity index is 177. The molecular formula is C12H25NO. The molecule has 2 heteroatoms. The summed E-state index contributed by atoms with van der Waals surface area (Å²) >= 11 is 0. The summed E-state index contributed by atoms with van der Waals surface area (Å²) in [4.78, 5) is 14.1. The standard InChI is InChI=1S/C12H25NO/c1-8(2)12(14)11(7)13(9(3)4)10(5)6/h8-11H,1-7H3. The molecule has 1 atom stereocenters. The molecule has 0 saturated heterocycles. The quantitative estimate of drug-likeness (QED) is 0.678. The maximum Gasteiger partial charge on any atom is 0.152 e. The fourth-order valence-electron chi connectivity index (χ4n) is 2.12. The maximum atomic E-state index is 11.9. The molecule has 0 aromatic heterocycles. The molecule has 0 aromatic rings. The summed E-state index contributed by atoms with van der Waals surface area (Å²) in [6.07, 6.45) is 0. The topological polar surface area (TPSA) is 20.3 Å². The van der Waals surface area contributed by atoms with Crippen molar-refractivity contribution in [2.45, 2.75) is 66.6 Å². The Morgan fingerprint density at radius 2 is 1.21 bits per heavy atom. The molecule has 0 N–H and O–H groups in total. The third kappa shape index (κ3) is 3.41. The van der Waals surface area contributed by atoms with E-state index in [0.29, 0.717) is 17.9 Å². The van der Waals surface area contributed by atoms with Gasteiger partial charge in [-0.15, -0.1) is 0 Å². The molecule has 0 spiro atoms. The minimum atomic E-state index is 0.0370. The fraction of sp³-hybridized carbons (Fsp3) is 0.917. The zero-order chi connectivity index (χ0) is 11.5. The van der Waals surface area contributed by atoms with Crippen molar-refractivity contribution in [3.63, 3.8) is 0 Å². The third-order valence-electron chi connectivity index (χ3n) is 2.62. The van der Waals surface area contributed by atoms with E-state index in [2.05, 4.69) is 32.6 Å². The molecule has 0 bridgehead atoms. The average molecular weight is 199 g/mol. The molecule has 0 radical (unpaired) electrons. The zero-order valence-corrected chi connectivity index (χ0v) is 10.7. The van der Waals surface area contributed by atoms with Gasteiger partial charge in [0.15, 0.2) is 5.78 Å². The molecule has 2 nitrogen and oxygen atoms in total. The first-order chi connectivity index (χ1) is 6.29. The van der Waals surface area contributed by atoms with Gasteiger partial charge in [0, 0.05) is 18.0 Å². The molecule has 0 aliphatic rings. The summed E-state index contributed by atoms with van der Waals surface area (Å²) in [5.74, 6) is 0.470. The van der Waals surface area contributed by atoms with Gasteiger partial charge in [-0.05, 0) is 34.6 Å². The van der Waals surface area contributed by atoms with Crippen LogP contribution in [0.4, 0.5) is 0 Å². The van der Waals surface area contributed by atoms with E-state index in [4.69, 9.17) is 0 Å². The van der Waals surface area contributed by atoms with Gasteiger partial charge in [0.1, 0.15) is 0 Å². The van der Waals surface area contributed by atoms with Crippen LogP contribution in [0.25, 0.3) is 0 Å². The molecule has 84 valence electrons. The summed E-state index contributed by atoms with van der Waals surface area (Å²) in [6, 6.07) is 0.885. The SMILES string of the molecule is CC(C)C(=O)C(C)N(C(C)C)C(C)C. The van der Waals surface area contributed by atoms with Gasteiger partial charge in [-0.1, -0.05) is 13.8 Å². The smallest absolute Gasteiger partial charge is 0.152 e. The van der Waals surface area contributed by atoms with Gasteiger partial charge >= 0.3 is 0 Å². The molecule has 0 amide bonds. The van der Waals surface area contributed by atoms with E-state index in [1.165, 1.54) is 0 Å². The summed E-state index contributed by atoms with van der Waals surface area (Å²) in [7, 11) is 0. The Hall–Kier alpha value is -0.370. The largest absolute Gasteiger partial charge is 0.298 e. The molecule has 0 rings (SSSR count). The van der Waals surface area contributed by atoms with Crippen molar-refractivity contribution in [2.75, 3.05) is 0 Å². The Morgan fingerprint density at radius 3 is 1.43 bits per heavy atom. The van der Waals surface area contributed by atoms with Crippen molar-refractivity contribution < 1.29 is 4.79 Å². The number of rotatable bonds is 5. The lowest BCUT2D eigenvalue weighted by atomic mass is 9.99. The number of Topliss-reactive ketones (excluding diaryl/α,β-unsaturated/α-hetero) is 1. The summed E-state index contributed by atoms with van der Waals surface area (Å²) < 4.78 is 0. The summed E-state index contributed by atoms with van der Waals surface area (Å²) in [5.41, 5.74) is 0. The van der Waals surface area contributed by atoms with Crippen LogP contribution >= 0.6 is 0 Å². The average Bonchev–Trinajstić information content (AvgIpc) is 2.01. The van der Waals surface area contributed by atoms with E-state index in [1.54, 1.807) is 0 Å². The van der Waals surface area contributed by atoms with E-state index in [1.807, 2.05) is 20.8 Å².